The molecule has 2 N–H and O–H groups in total. The first-order chi connectivity index (χ1) is 9.72. The van der Waals surface area contributed by atoms with Gasteiger partial charge in [0.05, 0.1) is 12.1 Å². The minimum absolute atomic E-state index is 0.146. The Hall–Kier alpha value is -2.11. The number of fused-ring (bicyclic) bond motifs is 1. The lowest BCUT2D eigenvalue weighted by molar-refractivity contribution is -0.143. The third kappa shape index (κ3) is 2.74. The second kappa shape index (κ2) is 5.48. The van der Waals surface area contributed by atoms with E-state index < -0.39 is 5.97 Å². The van der Waals surface area contributed by atoms with E-state index in [9.17, 15) is 4.79 Å². The smallest absolute Gasteiger partial charge is 0.306 e. The minimum atomic E-state index is -0.649. The quantitative estimate of drug-likeness (QED) is 0.891. The molecular weight excluding hydrogens is 256 g/mol. The van der Waals surface area contributed by atoms with E-state index in [1.54, 1.807) is 10.7 Å². The van der Waals surface area contributed by atoms with Crippen LogP contribution in [0.2, 0.25) is 0 Å². The number of carbonyl (C=O) groups is 1. The number of aromatic nitrogens is 3. The molecule has 1 fully saturated rings. The lowest BCUT2D eigenvalue weighted by Crippen LogP contribution is -2.25. The largest absolute Gasteiger partial charge is 0.481 e. The van der Waals surface area contributed by atoms with Crippen LogP contribution in [-0.2, 0) is 4.79 Å². The lowest BCUT2D eigenvalue weighted by Gasteiger charge is -2.26. The van der Waals surface area contributed by atoms with Crippen molar-refractivity contribution in [2.75, 3.05) is 11.9 Å². The van der Waals surface area contributed by atoms with Crippen molar-refractivity contribution in [1.29, 1.82) is 0 Å². The number of rotatable bonds is 4. The van der Waals surface area contributed by atoms with Crippen LogP contribution >= 0.6 is 0 Å². The predicted octanol–water partition coefficient (Wildman–Crippen LogP) is 2.03. The molecule has 0 radical (unpaired) electrons. The molecule has 20 heavy (non-hydrogen) atoms. The van der Waals surface area contributed by atoms with E-state index in [1.165, 1.54) is 0 Å². The zero-order valence-corrected chi connectivity index (χ0v) is 11.2. The van der Waals surface area contributed by atoms with Gasteiger partial charge >= 0.3 is 5.97 Å². The second-order valence-electron chi connectivity index (χ2n) is 5.38. The number of hydrogen-bond acceptors (Lipinski definition) is 4. The maximum absolute atomic E-state index is 10.9. The summed E-state index contributed by atoms with van der Waals surface area (Å²) in [6.07, 6.45) is 7.12. The van der Waals surface area contributed by atoms with Crippen LogP contribution in [-0.4, -0.2) is 32.2 Å². The Bertz CT molecular complexity index is 602. The fourth-order valence-electron chi connectivity index (χ4n) is 2.77. The Kier molecular flexibility index (Phi) is 3.54. The van der Waals surface area contributed by atoms with E-state index >= 15 is 0 Å². The van der Waals surface area contributed by atoms with Gasteiger partial charge in [-0.15, -0.1) is 0 Å². The van der Waals surface area contributed by atoms with Crippen LogP contribution in [0.4, 0.5) is 5.82 Å². The summed E-state index contributed by atoms with van der Waals surface area (Å²) < 4.78 is 1.73. The van der Waals surface area contributed by atoms with Gasteiger partial charge in [0.25, 0.3) is 0 Å². The Morgan fingerprint density at radius 2 is 2.15 bits per heavy atom. The average Bonchev–Trinajstić information content (AvgIpc) is 2.93. The average molecular weight is 274 g/mol. The molecule has 1 aliphatic carbocycles. The molecule has 2 aromatic heterocycles. The van der Waals surface area contributed by atoms with Gasteiger partial charge in [-0.3, -0.25) is 4.79 Å². The third-order valence-corrected chi connectivity index (χ3v) is 4.03. The molecule has 0 aliphatic heterocycles. The molecular formula is C14H18N4O2. The fourth-order valence-corrected chi connectivity index (χ4v) is 2.77. The van der Waals surface area contributed by atoms with Crippen molar-refractivity contribution in [2.24, 2.45) is 11.8 Å². The zero-order chi connectivity index (χ0) is 13.9. The first-order valence-corrected chi connectivity index (χ1v) is 6.99. The molecule has 1 saturated carbocycles. The van der Waals surface area contributed by atoms with Gasteiger partial charge in [0.2, 0.25) is 0 Å². The highest BCUT2D eigenvalue weighted by Gasteiger charge is 2.25. The van der Waals surface area contributed by atoms with Crippen LogP contribution < -0.4 is 5.32 Å². The number of nitrogens with one attached hydrogen (secondary N) is 1. The summed E-state index contributed by atoms with van der Waals surface area (Å²) in [5, 5.41) is 16.4. The number of nitrogens with zero attached hydrogens (tertiary/aromatic N) is 3. The van der Waals surface area contributed by atoms with Crippen molar-refractivity contribution >= 4 is 17.4 Å². The molecule has 6 heteroatoms. The van der Waals surface area contributed by atoms with E-state index in [2.05, 4.69) is 15.4 Å². The molecule has 2 aromatic rings. The SMILES string of the molecule is O=C(O)C1CCC(CNc2ccn3nccc3n2)CC1. The highest BCUT2D eigenvalue weighted by Crippen LogP contribution is 2.29. The highest BCUT2D eigenvalue weighted by molar-refractivity contribution is 5.70. The summed E-state index contributed by atoms with van der Waals surface area (Å²) in [5.41, 5.74) is 0.824. The van der Waals surface area contributed by atoms with Gasteiger partial charge in [-0.25, -0.2) is 9.50 Å². The Morgan fingerprint density at radius 1 is 1.35 bits per heavy atom. The van der Waals surface area contributed by atoms with Crippen LogP contribution in [0.1, 0.15) is 25.7 Å². The predicted molar refractivity (Wildman–Crippen MR) is 74.6 cm³/mol. The van der Waals surface area contributed by atoms with Gasteiger partial charge in [0, 0.05) is 18.8 Å². The third-order valence-electron chi connectivity index (χ3n) is 4.03. The Balaban J connectivity index is 1.53. The molecule has 0 aromatic carbocycles. The van der Waals surface area contributed by atoms with Crippen molar-refractivity contribution in [3.63, 3.8) is 0 Å². The van der Waals surface area contributed by atoms with Crippen LogP contribution in [0.3, 0.4) is 0 Å². The van der Waals surface area contributed by atoms with Gasteiger partial charge in [0.1, 0.15) is 5.82 Å². The van der Waals surface area contributed by atoms with E-state index in [1.807, 2.05) is 18.3 Å². The number of carboxylic acid groups (broad SMARTS) is 1. The summed E-state index contributed by atoms with van der Waals surface area (Å²) in [6, 6.07) is 3.77. The molecule has 0 amide bonds. The normalized spacial score (nSPS) is 22.8. The molecule has 3 rings (SSSR count). The zero-order valence-electron chi connectivity index (χ0n) is 11.2. The first kappa shape index (κ1) is 12.9. The second-order valence-corrected chi connectivity index (χ2v) is 5.38. The number of carboxylic acids is 1. The number of anilines is 1. The molecule has 1 aliphatic rings. The molecule has 106 valence electrons. The number of aliphatic carboxylic acids is 1. The monoisotopic (exact) mass is 274 g/mol. The van der Waals surface area contributed by atoms with Crippen molar-refractivity contribution in [2.45, 2.75) is 25.7 Å². The van der Waals surface area contributed by atoms with Crippen LogP contribution in [0.15, 0.2) is 24.5 Å². The fraction of sp³-hybridized carbons (Fsp3) is 0.500. The Morgan fingerprint density at radius 3 is 2.90 bits per heavy atom. The topological polar surface area (TPSA) is 79.5 Å². The lowest BCUT2D eigenvalue weighted by atomic mass is 9.82. The van der Waals surface area contributed by atoms with E-state index in [4.69, 9.17) is 5.11 Å². The molecule has 0 atom stereocenters. The first-order valence-electron chi connectivity index (χ1n) is 6.99. The van der Waals surface area contributed by atoms with Crippen LogP contribution in [0.25, 0.3) is 5.65 Å². The summed E-state index contributed by atoms with van der Waals surface area (Å²) in [5.74, 6) is 0.587. The van der Waals surface area contributed by atoms with Crippen molar-refractivity contribution in [3.8, 4) is 0 Å². The van der Waals surface area contributed by atoms with Crippen LogP contribution in [0.5, 0.6) is 0 Å². The van der Waals surface area contributed by atoms with Gasteiger partial charge in [-0.1, -0.05) is 0 Å². The van der Waals surface area contributed by atoms with Crippen molar-refractivity contribution in [1.82, 2.24) is 14.6 Å². The van der Waals surface area contributed by atoms with E-state index in [0.29, 0.717) is 5.92 Å². The molecule has 0 saturated heterocycles. The maximum Gasteiger partial charge on any atom is 0.306 e. The minimum Gasteiger partial charge on any atom is -0.481 e. The van der Waals surface area contributed by atoms with Gasteiger partial charge < -0.3 is 10.4 Å². The summed E-state index contributed by atoms with van der Waals surface area (Å²) in [7, 11) is 0. The maximum atomic E-state index is 10.9. The highest BCUT2D eigenvalue weighted by atomic mass is 16.4. The van der Waals surface area contributed by atoms with Crippen LogP contribution in [0, 0.1) is 11.8 Å². The van der Waals surface area contributed by atoms with Crippen molar-refractivity contribution in [3.05, 3.63) is 24.5 Å². The number of hydrogen-bond donors (Lipinski definition) is 2. The molecule has 0 spiro atoms. The molecule has 2 heterocycles. The molecule has 0 bridgehead atoms. The molecule has 6 nitrogen and oxygen atoms in total. The summed E-state index contributed by atoms with van der Waals surface area (Å²) >= 11 is 0. The molecule has 0 unspecified atom stereocenters. The van der Waals surface area contributed by atoms with Gasteiger partial charge in [0.15, 0.2) is 5.65 Å². The standard InChI is InChI=1S/C14H18N4O2/c19-14(20)11-3-1-10(2-4-11)9-15-12-6-8-18-13(17-12)5-7-16-18/h5-8,10-11H,1-4,9H2,(H,15,17)(H,19,20). The summed E-state index contributed by atoms with van der Waals surface area (Å²) in [6.45, 7) is 0.851. The van der Waals surface area contributed by atoms with Crippen molar-refractivity contribution < 1.29 is 9.90 Å². The van der Waals surface area contributed by atoms with Gasteiger partial charge in [-0.2, -0.15) is 5.10 Å². The van der Waals surface area contributed by atoms with E-state index in [0.717, 1.165) is 43.7 Å². The summed E-state index contributed by atoms with van der Waals surface area (Å²) in [4.78, 5) is 15.4. The van der Waals surface area contributed by atoms with E-state index in [-0.39, 0.29) is 5.92 Å². The van der Waals surface area contributed by atoms with Gasteiger partial charge in [-0.05, 0) is 37.7 Å². The Labute approximate surface area is 116 Å².